The number of aryl methyl sites for hydroxylation is 1. The molecule has 22 heavy (non-hydrogen) atoms. The highest BCUT2D eigenvalue weighted by atomic mass is 16.7. The first kappa shape index (κ1) is 14.0. The van der Waals surface area contributed by atoms with Crippen LogP contribution in [0, 0.1) is 5.41 Å². The average molecular weight is 307 g/mol. The van der Waals surface area contributed by atoms with Gasteiger partial charge < -0.3 is 19.1 Å². The Bertz CT molecular complexity index is 568. The van der Waals surface area contributed by atoms with Crippen LogP contribution in [0.5, 0.6) is 5.88 Å². The first-order valence-corrected chi connectivity index (χ1v) is 7.74. The van der Waals surface area contributed by atoms with Crippen molar-refractivity contribution in [2.75, 3.05) is 32.9 Å². The Labute approximate surface area is 129 Å². The van der Waals surface area contributed by atoms with E-state index in [0.717, 1.165) is 13.0 Å². The van der Waals surface area contributed by atoms with Gasteiger partial charge in [0.25, 0.3) is 5.91 Å². The van der Waals surface area contributed by atoms with Gasteiger partial charge in [-0.25, -0.2) is 4.68 Å². The number of nitrogens with zero attached hydrogens (tertiary/aromatic N) is 3. The molecule has 0 bridgehead atoms. The first-order valence-electron chi connectivity index (χ1n) is 7.74. The van der Waals surface area contributed by atoms with Gasteiger partial charge in [-0.2, -0.15) is 5.10 Å². The van der Waals surface area contributed by atoms with E-state index in [1.54, 1.807) is 15.6 Å². The summed E-state index contributed by atoms with van der Waals surface area (Å²) in [5, 5.41) is 4.35. The van der Waals surface area contributed by atoms with Crippen molar-refractivity contribution in [2.45, 2.75) is 32.6 Å². The van der Waals surface area contributed by atoms with E-state index in [2.05, 4.69) is 5.10 Å². The van der Waals surface area contributed by atoms with Crippen LogP contribution in [0.25, 0.3) is 0 Å². The summed E-state index contributed by atoms with van der Waals surface area (Å²) in [6.07, 6.45) is 0.930. The van der Waals surface area contributed by atoms with Crippen molar-refractivity contribution in [2.24, 2.45) is 5.41 Å². The molecule has 3 aliphatic heterocycles. The van der Waals surface area contributed by atoms with Crippen molar-refractivity contribution in [1.29, 1.82) is 0 Å². The molecule has 4 rings (SSSR count). The molecular formula is C15H21N3O4. The standard InChI is InChI=1S/C15H21N3O4/c1-14(2)21-9-15(10-22-14)7-17(8-15)13(19)11-6-12-18(16-11)4-3-5-20-12/h6H,3-5,7-10H2,1-2H3. The average Bonchev–Trinajstić information content (AvgIpc) is 2.89. The second-order valence-corrected chi connectivity index (χ2v) is 6.93. The number of carbonyl (C=O) groups is 1. The van der Waals surface area contributed by atoms with Crippen LogP contribution in [0.1, 0.15) is 30.8 Å². The third-order valence-corrected chi connectivity index (χ3v) is 4.52. The third kappa shape index (κ3) is 2.28. The molecule has 1 aromatic rings. The number of ether oxygens (including phenoxy) is 3. The summed E-state index contributed by atoms with van der Waals surface area (Å²) >= 11 is 0. The normalized spacial score (nSPS) is 25.3. The summed E-state index contributed by atoms with van der Waals surface area (Å²) in [7, 11) is 0. The van der Waals surface area contributed by atoms with E-state index < -0.39 is 5.79 Å². The van der Waals surface area contributed by atoms with Crippen molar-refractivity contribution < 1.29 is 19.0 Å². The zero-order chi connectivity index (χ0) is 15.4. The van der Waals surface area contributed by atoms with Crippen LogP contribution in [0.2, 0.25) is 0 Å². The van der Waals surface area contributed by atoms with Gasteiger partial charge in [0.1, 0.15) is 0 Å². The molecule has 7 nitrogen and oxygen atoms in total. The number of carbonyl (C=O) groups excluding carboxylic acids is 1. The van der Waals surface area contributed by atoms with Gasteiger partial charge in [0, 0.05) is 32.1 Å². The molecular weight excluding hydrogens is 286 g/mol. The second kappa shape index (κ2) is 4.70. The van der Waals surface area contributed by atoms with Crippen molar-refractivity contribution in [1.82, 2.24) is 14.7 Å². The number of hydrogen-bond acceptors (Lipinski definition) is 5. The maximum atomic E-state index is 12.5. The fourth-order valence-corrected chi connectivity index (χ4v) is 3.16. The zero-order valence-corrected chi connectivity index (χ0v) is 13.0. The van der Waals surface area contributed by atoms with Crippen molar-refractivity contribution in [3.8, 4) is 5.88 Å². The predicted molar refractivity (Wildman–Crippen MR) is 76.7 cm³/mol. The Morgan fingerprint density at radius 2 is 2.00 bits per heavy atom. The smallest absolute Gasteiger partial charge is 0.274 e. The van der Waals surface area contributed by atoms with Crippen LogP contribution in [0.4, 0.5) is 0 Å². The molecule has 0 radical (unpaired) electrons. The lowest BCUT2D eigenvalue weighted by atomic mass is 9.80. The number of likely N-dealkylation sites (tertiary alicyclic amines) is 1. The molecule has 0 N–H and O–H groups in total. The lowest BCUT2D eigenvalue weighted by Gasteiger charge is -2.53. The SMILES string of the molecule is CC1(C)OCC2(CO1)CN(C(=O)c1cc3n(n1)CCCO3)C2. The van der Waals surface area contributed by atoms with Gasteiger partial charge in [0.15, 0.2) is 11.5 Å². The Hall–Kier alpha value is -1.60. The Morgan fingerprint density at radius 1 is 1.27 bits per heavy atom. The van der Waals surface area contributed by atoms with Crippen LogP contribution in [0.15, 0.2) is 6.07 Å². The minimum atomic E-state index is -0.518. The fraction of sp³-hybridized carbons (Fsp3) is 0.733. The Kier molecular flexibility index (Phi) is 2.99. The van der Waals surface area contributed by atoms with Crippen LogP contribution in [-0.4, -0.2) is 59.3 Å². The molecule has 120 valence electrons. The van der Waals surface area contributed by atoms with E-state index in [-0.39, 0.29) is 11.3 Å². The summed E-state index contributed by atoms with van der Waals surface area (Å²) in [5.74, 6) is 0.132. The third-order valence-electron chi connectivity index (χ3n) is 4.52. The van der Waals surface area contributed by atoms with Gasteiger partial charge in [0.2, 0.25) is 5.88 Å². The molecule has 0 saturated carbocycles. The maximum absolute atomic E-state index is 12.5. The lowest BCUT2D eigenvalue weighted by molar-refractivity contribution is -0.301. The van der Waals surface area contributed by atoms with E-state index in [1.165, 1.54) is 0 Å². The monoisotopic (exact) mass is 307 g/mol. The molecule has 4 heterocycles. The topological polar surface area (TPSA) is 65.8 Å². The molecule has 0 aliphatic carbocycles. The quantitative estimate of drug-likeness (QED) is 0.771. The highest BCUT2D eigenvalue weighted by molar-refractivity contribution is 5.93. The molecule has 7 heteroatoms. The number of aromatic nitrogens is 2. The molecule has 3 aliphatic rings. The summed E-state index contributed by atoms with van der Waals surface area (Å²) in [4.78, 5) is 14.3. The largest absolute Gasteiger partial charge is 0.478 e. The predicted octanol–water partition coefficient (Wildman–Crippen LogP) is 0.891. The van der Waals surface area contributed by atoms with Gasteiger partial charge in [-0.15, -0.1) is 0 Å². The molecule has 1 spiro atoms. The summed E-state index contributed by atoms with van der Waals surface area (Å²) in [6, 6.07) is 1.74. The van der Waals surface area contributed by atoms with Gasteiger partial charge in [0.05, 0.1) is 25.2 Å². The maximum Gasteiger partial charge on any atom is 0.274 e. The van der Waals surface area contributed by atoms with Gasteiger partial charge >= 0.3 is 0 Å². The number of rotatable bonds is 1. The second-order valence-electron chi connectivity index (χ2n) is 6.93. The van der Waals surface area contributed by atoms with Gasteiger partial charge in [-0.05, 0) is 13.8 Å². The first-order chi connectivity index (χ1) is 10.5. The summed E-state index contributed by atoms with van der Waals surface area (Å²) in [6.45, 7) is 7.91. The van der Waals surface area contributed by atoms with E-state index in [4.69, 9.17) is 14.2 Å². The van der Waals surface area contributed by atoms with Crippen molar-refractivity contribution >= 4 is 5.91 Å². The molecule has 1 amide bonds. The molecule has 0 atom stereocenters. The molecule has 0 unspecified atom stereocenters. The molecule has 2 saturated heterocycles. The Morgan fingerprint density at radius 3 is 2.68 bits per heavy atom. The van der Waals surface area contributed by atoms with Crippen LogP contribution in [0.3, 0.4) is 0 Å². The minimum absolute atomic E-state index is 0.0408. The molecule has 2 fully saturated rings. The van der Waals surface area contributed by atoms with Crippen molar-refractivity contribution in [3.05, 3.63) is 11.8 Å². The number of hydrogen-bond donors (Lipinski definition) is 0. The van der Waals surface area contributed by atoms with Crippen molar-refractivity contribution in [3.63, 3.8) is 0 Å². The fourth-order valence-electron chi connectivity index (χ4n) is 3.16. The summed E-state index contributed by atoms with van der Waals surface area (Å²) in [5.41, 5.74) is 0.408. The van der Waals surface area contributed by atoms with E-state index >= 15 is 0 Å². The zero-order valence-electron chi connectivity index (χ0n) is 13.0. The minimum Gasteiger partial charge on any atom is -0.478 e. The highest BCUT2D eigenvalue weighted by Gasteiger charge is 2.50. The van der Waals surface area contributed by atoms with Gasteiger partial charge in [-0.3, -0.25) is 4.79 Å². The number of amides is 1. The van der Waals surface area contributed by atoms with Gasteiger partial charge in [-0.1, -0.05) is 0 Å². The van der Waals surface area contributed by atoms with E-state index in [1.807, 2.05) is 13.8 Å². The Balaban J connectivity index is 1.40. The summed E-state index contributed by atoms with van der Waals surface area (Å²) < 4.78 is 18.7. The van der Waals surface area contributed by atoms with Crippen LogP contribution >= 0.6 is 0 Å². The lowest BCUT2D eigenvalue weighted by Crippen LogP contribution is -2.65. The number of fused-ring (bicyclic) bond motifs is 1. The van der Waals surface area contributed by atoms with E-state index in [0.29, 0.717) is 44.5 Å². The molecule has 1 aromatic heterocycles. The van der Waals surface area contributed by atoms with Crippen LogP contribution in [-0.2, 0) is 16.0 Å². The highest BCUT2D eigenvalue weighted by Crippen LogP contribution is 2.38. The molecule has 0 aromatic carbocycles. The van der Waals surface area contributed by atoms with Crippen LogP contribution < -0.4 is 4.74 Å². The van der Waals surface area contributed by atoms with E-state index in [9.17, 15) is 4.79 Å².